The Hall–Kier alpha value is -2.21. The molecule has 1 aliphatic heterocycles. The van der Waals surface area contributed by atoms with Crippen molar-refractivity contribution >= 4 is 5.91 Å². The zero-order valence-electron chi connectivity index (χ0n) is 10.6. The molecule has 0 fully saturated rings. The summed E-state index contributed by atoms with van der Waals surface area (Å²) in [6.07, 6.45) is 1.43. The molecule has 0 spiro atoms. The Morgan fingerprint density at radius 2 is 2.21 bits per heavy atom. The largest absolute Gasteiger partial charge is 0.342 e. The summed E-state index contributed by atoms with van der Waals surface area (Å²) < 4.78 is 0. The Balaban J connectivity index is 1.74. The third-order valence-corrected chi connectivity index (χ3v) is 3.29. The second-order valence-corrected chi connectivity index (χ2v) is 4.65. The van der Waals surface area contributed by atoms with Crippen LogP contribution in [0.4, 0.5) is 0 Å². The number of carbonyl (C=O) groups excluding carboxylic acids is 1. The molecule has 0 saturated carbocycles. The summed E-state index contributed by atoms with van der Waals surface area (Å²) in [5.74, 6) is 0.551. The van der Waals surface area contributed by atoms with Gasteiger partial charge in [-0.1, -0.05) is 6.07 Å². The number of benzene rings is 1. The lowest BCUT2D eigenvalue weighted by Crippen LogP contribution is -2.27. The predicted octanol–water partition coefficient (Wildman–Crippen LogP) is 0.899. The average molecular weight is 257 g/mol. The molecule has 98 valence electrons. The van der Waals surface area contributed by atoms with E-state index in [0.29, 0.717) is 11.4 Å². The maximum Gasteiger partial charge on any atom is 0.251 e. The summed E-state index contributed by atoms with van der Waals surface area (Å²) >= 11 is 0. The van der Waals surface area contributed by atoms with Gasteiger partial charge in [0.15, 0.2) is 0 Å². The summed E-state index contributed by atoms with van der Waals surface area (Å²) in [5, 5.41) is 12.7. The topological polar surface area (TPSA) is 82.7 Å². The monoisotopic (exact) mass is 257 g/mol. The normalized spacial score (nSPS) is 15.0. The number of amides is 1. The third kappa shape index (κ3) is 2.34. The summed E-state index contributed by atoms with van der Waals surface area (Å²) in [7, 11) is 0. The maximum atomic E-state index is 12.2. The van der Waals surface area contributed by atoms with Gasteiger partial charge < -0.3 is 10.6 Å². The Bertz CT molecular complexity index is 593. The zero-order valence-corrected chi connectivity index (χ0v) is 10.6. The van der Waals surface area contributed by atoms with E-state index in [0.717, 1.165) is 13.1 Å². The molecule has 3 N–H and O–H groups in total. The van der Waals surface area contributed by atoms with Gasteiger partial charge in [0, 0.05) is 18.7 Å². The second kappa shape index (κ2) is 4.81. The number of rotatable bonds is 3. The lowest BCUT2D eigenvalue weighted by molar-refractivity contribution is 0.0938. The Morgan fingerprint density at radius 1 is 1.37 bits per heavy atom. The van der Waals surface area contributed by atoms with E-state index in [1.54, 1.807) is 0 Å². The van der Waals surface area contributed by atoms with Crippen molar-refractivity contribution in [3.8, 4) is 0 Å². The van der Waals surface area contributed by atoms with E-state index in [-0.39, 0.29) is 11.9 Å². The van der Waals surface area contributed by atoms with Crippen molar-refractivity contribution in [3.63, 3.8) is 0 Å². The first-order valence-corrected chi connectivity index (χ1v) is 6.22. The summed E-state index contributed by atoms with van der Waals surface area (Å²) in [4.78, 5) is 16.2. The lowest BCUT2D eigenvalue weighted by Gasteiger charge is -2.11. The number of aromatic amines is 1. The van der Waals surface area contributed by atoms with Crippen molar-refractivity contribution in [2.75, 3.05) is 0 Å². The van der Waals surface area contributed by atoms with Crippen LogP contribution in [-0.4, -0.2) is 21.1 Å². The van der Waals surface area contributed by atoms with E-state index in [4.69, 9.17) is 0 Å². The molecule has 1 amide bonds. The highest BCUT2D eigenvalue weighted by Crippen LogP contribution is 2.17. The minimum Gasteiger partial charge on any atom is -0.342 e. The van der Waals surface area contributed by atoms with Crippen LogP contribution in [-0.2, 0) is 13.1 Å². The van der Waals surface area contributed by atoms with E-state index in [9.17, 15) is 4.79 Å². The first-order chi connectivity index (χ1) is 9.24. The quantitative estimate of drug-likeness (QED) is 0.763. The molecule has 1 aliphatic rings. The molecule has 3 rings (SSSR count). The highest BCUT2D eigenvalue weighted by molar-refractivity contribution is 5.94. The molecule has 1 atom stereocenters. The molecule has 6 nitrogen and oxygen atoms in total. The SMILES string of the molecule is CC(NC(=O)c1ccc2c(c1)CNC2)c1ncn[nH]1. The van der Waals surface area contributed by atoms with Gasteiger partial charge in [-0.25, -0.2) is 4.98 Å². The van der Waals surface area contributed by atoms with Crippen LogP contribution in [0, 0.1) is 0 Å². The zero-order chi connectivity index (χ0) is 13.2. The van der Waals surface area contributed by atoms with Crippen LogP contribution in [0.5, 0.6) is 0 Å². The van der Waals surface area contributed by atoms with Gasteiger partial charge >= 0.3 is 0 Å². The number of hydrogen-bond donors (Lipinski definition) is 3. The molecule has 6 heteroatoms. The van der Waals surface area contributed by atoms with Crippen molar-refractivity contribution in [1.29, 1.82) is 0 Å². The molecule has 19 heavy (non-hydrogen) atoms. The number of hydrogen-bond acceptors (Lipinski definition) is 4. The fourth-order valence-corrected chi connectivity index (χ4v) is 2.21. The minimum absolute atomic E-state index is 0.0985. The van der Waals surface area contributed by atoms with Gasteiger partial charge in [-0.2, -0.15) is 5.10 Å². The van der Waals surface area contributed by atoms with Crippen LogP contribution in [0.3, 0.4) is 0 Å². The van der Waals surface area contributed by atoms with Crippen LogP contribution >= 0.6 is 0 Å². The molecule has 2 aromatic rings. The van der Waals surface area contributed by atoms with Gasteiger partial charge in [-0.15, -0.1) is 0 Å². The maximum absolute atomic E-state index is 12.2. The van der Waals surface area contributed by atoms with Crippen LogP contribution in [0.25, 0.3) is 0 Å². The van der Waals surface area contributed by atoms with E-state index < -0.39 is 0 Å². The van der Waals surface area contributed by atoms with Crippen molar-refractivity contribution in [2.45, 2.75) is 26.1 Å². The van der Waals surface area contributed by atoms with Gasteiger partial charge in [-0.05, 0) is 30.2 Å². The van der Waals surface area contributed by atoms with Gasteiger partial charge in [0.1, 0.15) is 12.2 Å². The van der Waals surface area contributed by atoms with Crippen molar-refractivity contribution in [1.82, 2.24) is 25.8 Å². The number of H-pyrrole nitrogens is 1. The van der Waals surface area contributed by atoms with Gasteiger partial charge in [0.2, 0.25) is 0 Å². The number of fused-ring (bicyclic) bond motifs is 1. The van der Waals surface area contributed by atoms with Crippen molar-refractivity contribution in [3.05, 3.63) is 47.0 Å². The number of nitrogens with one attached hydrogen (secondary N) is 3. The van der Waals surface area contributed by atoms with Crippen molar-refractivity contribution in [2.24, 2.45) is 0 Å². The molecule has 1 aromatic heterocycles. The summed E-state index contributed by atoms with van der Waals surface area (Å²) in [5.41, 5.74) is 3.13. The first-order valence-electron chi connectivity index (χ1n) is 6.22. The smallest absolute Gasteiger partial charge is 0.251 e. The van der Waals surface area contributed by atoms with E-state index in [1.165, 1.54) is 17.5 Å². The number of nitrogens with zero attached hydrogens (tertiary/aromatic N) is 2. The molecule has 0 radical (unpaired) electrons. The highest BCUT2D eigenvalue weighted by atomic mass is 16.1. The van der Waals surface area contributed by atoms with Gasteiger partial charge in [0.05, 0.1) is 6.04 Å². The summed E-state index contributed by atoms with van der Waals surface area (Å²) in [6, 6.07) is 5.61. The van der Waals surface area contributed by atoms with Crippen LogP contribution in [0.2, 0.25) is 0 Å². The van der Waals surface area contributed by atoms with E-state index in [1.807, 2.05) is 25.1 Å². The van der Waals surface area contributed by atoms with E-state index in [2.05, 4.69) is 25.8 Å². The van der Waals surface area contributed by atoms with Crippen LogP contribution in [0.1, 0.15) is 40.3 Å². The molecule has 1 aromatic carbocycles. The highest BCUT2D eigenvalue weighted by Gasteiger charge is 2.16. The molecule has 2 heterocycles. The first kappa shape index (κ1) is 11.9. The number of aromatic nitrogens is 3. The second-order valence-electron chi connectivity index (χ2n) is 4.65. The molecule has 0 aliphatic carbocycles. The predicted molar refractivity (Wildman–Crippen MR) is 69.2 cm³/mol. The molecule has 0 saturated heterocycles. The molecule has 0 bridgehead atoms. The van der Waals surface area contributed by atoms with E-state index >= 15 is 0 Å². The van der Waals surface area contributed by atoms with Gasteiger partial charge in [0.25, 0.3) is 5.91 Å². The average Bonchev–Trinajstić information content (AvgIpc) is 3.09. The Morgan fingerprint density at radius 3 is 3.00 bits per heavy atom. The molecular weight excluding hydrogens is 242 g/mol. The Kier molecular flexibility index (Phi) is 3.00. The third-order valence-electron chi connectivity index (χ3n) is 3.29. The Labute approximate surface area is 110 Å². The van der Waals surface area contributed by atoms with Crippen LogP contribution in [0.15, 0.2) is 24.5 Å². The minimum atomic E-state index is -0.193. The standard InChI is InChI=1S/C13H15N5O/c1-8(12-15-7-16-18-12)17-13(19)9-2-3-10-5-14-6-11(10)4-9/h2-4,7-8,14H,5-6H2,1H3,(H,17,19)(H,15,16,18). The van der Waals surface area contributed by atoms with Crippen molar-refractivity contribution < 1.29 is 4.79 Å². The lowest BCUT2D eigenvalue weighted by atomic mass is 10.1. The molecular formula is C13H15N5O. The van der Waals surface area contributed by atoms with Gasteiger partial charge in [-0.3, -0.25) is 9.89 Å². The van der Waals surface area contributed by atoms with Crippen LogP contribution < -0.4 is 10.6 Å². The number of carbonyl (C=O) groups is 1. The fourth-order valence-electron chi connectivity index (χ4n) is 2.21. The summed E-state index contributed by atoms with van der Waals surface area (Å²) in [6.45, 7) is 3.58. The molecule has 1 unspecified atom stereocenters. The fraction of sp³-hybridized carbons (Fsp3) is 0.308.